The number of halogens is 2. The van der Waals surface area contributed by atoms with Crippen LogP contribution in [0.5, 0.6) is 0 Å². The van der Waals surface area contributed by atoms with Crippen molar-refractivity contribution in [2.75, 3.05) is 20.6 Å². The summed E-state index contributed by atoms with van der Waals surface area (Å²) in [7, 11) is 3.99. The van der Waals surface area contributed by atoms with E-state index < -0.39 is 11.6 Å². The van der Waals surface area contributed by atoms with Crippen LogP contribution in [0.2, 0.25) is 0 Å². The maximum Gasteiger partial charge on any atom is 0.187 e. The summed E-state index contributed by atoms with van der Waals surface area (Å²) in [6.45, 7) is 9.46. The fourth-order valence-corrected chi connectivity index (χ4v) is 3.88. The number of nitrogens with zero attached hydrogens (tertiary/aromatic N) is 1. The second-order valence-electron chi connectivity index (χ2n) is 7.20. The minimum absolute atomic E-state index is 0.0154. The fraction of sp³-hybridized carbons (Fsp3) is 0.625. The van der Waals surface area contributed by atoms with E-state index in [9.17, 15) is 8.78 Å². The van der Waals surface area contributed by atoms with Gasteiger partial charge in [-0.1, -0.05) is 27.7 Å². The summed E-state index contributed by atoms with van der Waals surface area (Å²) in [4.78, 5) is 0. The first kappa shape index (κ1) is 14.4. The van der Waals surface area contributed by atoms with Gasteiger partial charge in [-0.3, -0.25) is 4.48 Å². The summed E-state index contributed by atoms with van der Waals surface area (Å²) in [5.41, 5.74) is 1.25. The molecule has 0 aromatic heterocycles. The lowest BCUT2D eigenvalue weighted by Crippen LogP contribution is -2.59. The van der Waals surface area contributed by atoms with E-state index in [2.05, 4.69) is 27.7 Å². The predicted molar refractivity (Wildman–Crippen MR) is 76.3 cm³/mol. The molecule has 1 aliphatic heterocycles. The molecule has 2 rings (SSSR count). The number of benzene rings is 1. The number of quaternary nitrogens is 1. The molecule has 0 spiro atoms. The van der Waals surface area contributed by atoms with Crippen molar-refractivity contribution in [3.05, 3.63) is 29.3 Å². The summed E-state index contributed by atoms with van der Waals surface area (Å²) in [6, 6.07) is 2.54. The molecule has 0 fully saturated rings. The molecule has 0 saturated carbocycles. The Kier molecular flexibility index (Phi) is 3.05. The summed E-state index contributed by atoms with van der Waals surface area (Å²) in [5.74, 6) is -0.899. The minimum Gasteiger partial charge on any atom is -0.293 e. The molecule has 0 saturated heterocycles. The van der Waals surface area contributed by atoms with Crippen molar-refractivity contribution < 1.29 is 8.78 Å². The molecule has 1 nitrogen and oxygen atoms in total. The highest BCUT2D eigenvalue weighted by atomic mass is 19.1. The van der Waals surface area contributed by atoms with Gasteiger partial charge in [0.05, 0.1) is 20.6 Å². The highest BCUT2D eigenvalue weighted by Gasteiger charge is 2.53. The highest BCUT2D eigenvalue weighted by Crippen LogP contribution is 2.54. The lowest BCUT2D eigenvalue weighted by Gasteiger charge is -2.53. The topological polar surface area (TPSA) is 0 Å². The van der Waals surface area contributed by atoms with Crippen LogP contribution in [-0.2, 0) is 5.41 Å². The summed E-state index contributed by atoms with van der Waals surface area (Å²) in [6.07, 6.45) is 0.871. The number of hydrogen-bond acceptors (Lipinski definition) is 0. The number of fused-ring (bicyclic) bond motifs is 1. The Bertz CT molecular complexity index is 520. The summed E-state index contributed by atoms with van der Waals surface area (Å²) in [5, 5.41) is 0. The van der Waals surface area contributed by atoms with Crippen LogP contribution in [0.25, 0.3) is 0 Å². The third kappa shape index (κ3) is 1.90. The van der Waals surface area contributed by atoms with Gasteiger partial charge in [0.1, 0.15) is 5.82 Å². The smallest absolute Gasteiger partial charge is 0.187 e. The largest absolute Gasteiger partial charge is 0.293 e. The molecule has 1 atom stereocenters. The zero-order chi connectivity index (χ0) is 14.6. The third-order valence-corrected chi connectivity index (χ3v) is 5.22. The molecule has 0 radical (unpaired) electrons. The molecule has 0 amide bonds. The lowest BCUT2D eigenvalue weighted by molar-refractivity contribution is 0.0980. The van der Waals surface area contributed by atoms with Gasteiger partial charge in [0.25, 0.3) is 0 Å². The second-order valence-corrected chi connectivity index (χ2v) is 7.20. The van der Waals surface area contributed by atoms with Crippen LogP contribution >= 0.6 is 0 Å². The van der Waals surface area contributed by atoms with Gasteiger partial charge in [-0.05, 0) is 12.5 Å². The molecular formula is C16H24F2N+. The van der Waals surface area contributed by atoms with Crippen LogP contribution in [0.3, 0.4) is 0 Å². The van der Waals surface area contributed by atoms with Crippen molar-refractivity contribution in [3.63, 3.8) is 0 Å². The Labute approximate surface area is 114 Å². The molecule has 0 aliphatic carbocycles. The van der Waals surface area contributed by atoms with E-state index in [0.717, 1.165) is 24.6 Å². The highest BCUT2D eigenvalue weighted by molar-refractivity contribution is 5.58. The molecular weight excluding hydrogens is 244 g/mol. The van der Waals surface area contributed by atoms with E-state index in [0.29, 0.717) is 10.2 Å². The average molecular weight is 268 g/mol. The van der Waals surface area contributed by atoms with E-state index in [-0.39, 0.29) is 10.8 Å². The second kappa shape index (κ2) is 4.02. The maximum atomic E-state index is 14.3. The Morgan fingerprint density at radius 2 is 1.74 bits per heavy atom. The van der Waals surface area contributed by atoms with Gasteiger partial charge in [0.2, 0.25) is 0 Å². The number of rotatable bonds is 1. The molecule has 0 bridgehead atoms. The first-order valence-electron chi connectivity index (χ1n) is 6.88. The van der Waals surface area contributed by atoms with Gasteiger partial charge in [0, 0.05) is 22.5 Å². The first-order chi connectivity index (χ1) is 8.55. The van der Waals surface area contributed by atoms with Crippen molar-refractivity contribution in [1.82, 2.24) is 4.48 Å². The molecule has 1 aromatic carbocycles. The van der Waals surface area contributed by atoms with Crippen molar-refractivity contribution in [3.8, 4) is 0 Å². The van der Waals surface area contributed by atoms with Crippen LogP contribution in [-0.4, -0.2) is 20.6 Å². The van der Waals surface area contributed by atoms with Crippen LogP contribution < -0.4 is 4.48 Å². The molecule has 19 heavy (non-hydrogen) atoms. The maximum absolute atomic E-state index is 14.3. The van der Waals surface area contributed by atoms with E-state index >= 15 is 0 Å². The molecule has 1 aromatic rings. The van der Waals surface area contributed by atoms with Gasteiger partial charge in [0.15, 0.2) is 11.5 Å². The lowest BCUT2D eigenvalue weighted by atomic mass is 9.58. The molecule has 0 N–H and O–H groups in total. The molecule has 3 heteroatoms. The summed E-state index contributed by atoms with van der Waals surface area (Å²) >= 11 is 0. The van der Waals surface area contributed by atoms with Gasteiger partial charge < -0.3 is 0 Å². The van der Waals surface area contributed by atoms with E-state index in [4.69, 9.17) is 0 Å². The van der Waals surface area contributed by atoms with Crippen molar-refractivity contribution in [2.45, 2.75) is 39.5 Å². The van der Waals surface area contributed by atoms with Crippen molar-refractivity contribution in [1.29, 1.82) is 0 Å². The predicted octanol–water partition coefficient (Wildman–Crippen LogP) is 4.24. The molecule has 106 valence electrons. The minimum atomic E-state index is -0.478. The SMILES string of the molecule is CCC1(C)c2cc(F)cc(F)c2[N+](C)(C)CC1(C)C. The van der Waals surface area contributed by atoms with E-state index in [1.165, 1.54) is 6.07 Å². The quantitative estimate of drug-likeness (QED) is 0.668. The zero-order valence-corrected chi connectivity index (χ0v) is 12.8. The number of hydrogen-bond donors (Lipinski definition) is 0. The average Bonchev–Trinajstić information content (AvgIpc) is 2.22. The Morgan fingerprint density at radius 1 is 1.16 bits per heavy atom. The third-order valence-electron chi connectivity index (χ3n) is 5.22. The van der Waals surface area contributed by atoms with Gasteiger partial charge in [-0.2, -0.15) is 0 Å². The van der Waals surface area contributed by atoms with E-state index in [1.54, 1.807) is 0 Å². The fourth-order valence-electron chi connectivity index (χ4n) is 3.88. The normalized spacial score (nSPS) is 28.0. The van der Waals surface area contributed by atoms with Crippen molar-refractivity contribution in [2.24, 2.45) is 5.41 Å². The van der Waals surface area contributed by atoms with Gasteiger partial charge in [-0.15, -0.1) is 0 Å². The Morgan fingerprint density at radius 3 is 2.26 bits per heavy atom. The zero-order valence-electron chi connectivity index (χ0n) is 12.8. The Hall–Kier alpha value is -0.960. The van der Waals surface area contributed by atoms with Gasteiger partial charge >= 0.3 is 0 Å². The van der Waals surface area contributed by atoms with Crippen LogP contribution in [0, 0.1) is 17.0 Å². The standard InChI is InChI=1S/C16H24F2N/c1-7-16(4)12-8-11(17)9-13(18)14(12)19(5,6)10-15(16,2)3/h8-9H,7,10H2,1-6H3/q+1. The van der Waals surface area contributed by atoms with Crippen LogP contribution in [0.1, 0.15) is 39.7 Å². The van der Waals surface area contributed by atoms with E-state index in [1.807, 2.05) is 14.1 Å². The first-order valence-corrected chi connectivity index (χ1v) is 6.88. The molecule has 1 heterocycles. The van der Waals surface area contributed by atoms with Gasteiger partial charge in [-0.25, -0.2) is 8.78 Å². The summed E-state index contributed by atoms with van der Waals surface area (Å²) < 4.78 is 28.5. The molecule has 1 unspecified atom stereocenters. The van der Waals surface area contributed by atoms with Crippen molar-refractivity contribution >= 4 is 5.69 Å². The monoisotopic (exact) mass is 268 g/mol. The Balaban J connectivity index is 2.84. The molecule has 1 aliphatic rings. The van der Waals surface area contributed by atoms with Crippen LogP contribution in [0.15, 0.2) is 12.1 Å². The van der Waals surface area contributed by atoms with Crippen LogP contribution in [0.4, 0.5) is 14.5 Å².